The van der Waals surface area contributed by atoms with Crippen molar-refractivity contribution >= 4 is 0 Å². The predicted molar refractivity (Wildman–Crippen MR) is 69.4 cm³/mol. The van der Waals surface area contributed by atoms with Crippen molar-refractivity contribution in [3.63, 3.8) is 0 Å². The van der Waals surface area contributed by atoms with Gasteiger partial charge in [0.15, 0.2) is 0 Å². The van der Waals surface area contributed by atoms with E-state index < -0.39 is 18.9 Å². The minimum Gasteiger partial charge on any atom is -0.382 e. The summed E-state index contributed by atoms with van der Waals surface area (Å²) < 4.78 is 72.2. The molecule has 0 rings (SSSR count). The van der Waals surface area contributed by atoms with E-state index in [9.17, 15) is 22.0 Å². The maximum absolute atomic E-state index is 12.1. The molecular formula is C13H25F5O3. The maximum atomic E-state index is 12.1. The van der Waals surface area contributed by atoms with Crippen LogP contribution in [0.1, 0.15) is 40.5 Å². The number of rotatable bonds is 8. The Labute approximate surface area is 122 Å². The van der Waals surface area contributed by atoms with E-state index >= 15 is 0 Å². The number of ether oxygens (including phenoxy) is 3. The molecule has 2 unspecified atom stereocenters. The highest BCUT2D eigenvalue weighted by Crippen LogP contribution is 2.36. The molecule has 0 aliphatic rings. The van der Waals surface area contributed by atoms with Crippen molar-refractivity contribution in [1.29, 1.82) is 0 Å². The molecule has 130 valence electrons. The van der Waals surface area contributed by atoms with Crippen LogP contribution in [0.4, 0.5) is 22.0 Å². The molecule has 0 aromatic carbocycles. The van der Waals surface area contributed by atoms with E-state index in [1.165, 1.54) is 0 Å². The van der Waals surface area contributed by atoms with E-state index in [2.05, 4.69) is 18.6 Å². The fraction of sp³-hybridized carbons (Fsp3) is 1.00. The minimum absolute atomic E-state index is 0.187. The van der Waals surface area contributed by atoms with E-state index in [0.29, 0.717) is 12.5 Å². The highest BCUT2D eigenvalue weighted by Gasteiger charge is 2.59. The van der Waals surface area contributed by atoms with Crippen molar-refractivity contribution in [1.82, 2.24) is 0 Å². The molecule has 8 heteroatoms. The van der Waals surface area contributed by atoms with Gasteiger partial charge in [0.2, 0.25) is 0 Å². The first-order chi connectivity index (χ1) is 9.51. The zero-order chi connectivity index (χ0) is 17.1. The fourth-order valence-electron chi connectivity index (χ4n) is 0.785. The zero-order valence-corrected chi connectivity index (χ0v) is 13.1. The lowest BCUT2D eigenvalue weighted by atomic mass is 10.3. The van der Waals surface area contributed by atoms with Crippen molar-refractivity contribution in [2.24, 2.45) is 0 Å². The van der Waals surface area contributed by atoms with Crippen LogP contribution in [-0.4, -0.2) is 44.8 Å². The maximum Gasteiger partial charge on any atom is 0.482 e. The molecule has 2 atom stereocenters. The van der Waals surface area contributed by atoms with Gasteiger partial charge in [-0.2, -0.15) is 22.0 Å². The molecule has 0 radical (unpaired) electrons. The monoisotopic (exact) mass is 324 g/mol. The van der Waals surface area contributed by atoms with E-state index in [-0.39, 0.29) is 12.7 Å². The smallest absolute Gasteiger partial charge is 0.382 e. The number of hydrogen-bond acceptors (Lipinski definition) is 3. The van der Waals surface area contributed by atoms with Gasteiger partial charge in [0.1, 0.15) is 0 Å². The normalized spacial score (nSPS) is 15.1. The fourth-order valence-corrected chi connectivity index (χ4v) is 0.785. The molecule has 0 fully saturated rings. The number of alkyl halides is 5. The Balaban J connectivity index is 0. The van der Waals surface area contributed by atoms with Crippen LogP contribution in [-0.2, 0) is 14.2 Å². The molecule has 0 saturated heterocycles. The summed E-state index contributed by atoms with van der Waals surface area (Å²) in [6.07, 6.45) is -8.78. The van der Waals surface area contributed by atoms with Gasteiger partial charge in [0.05, 0.1) is 25.4 Å². The van der Waals surface area contributed by atoms with Gasteiger partial charge < -0.3 is 14.2 Å². The molecule has 0 saturated carbocycles. The van der Waals surface area contributed by atoms with Crippen molar-refractivity contribution in [2.75, 3.05) is 20.3 Å². The average Bonchev–Trinajstić information content (AvgIpc) is 2.41. The third-order valence-electron chi connectivity index (χ3n) is 2.65. The van der Waals surface area contributed by atoms with Gasteiger partial charge in [-0.15, -0.1) is 0 Å². The molecule has 0 N–H and O–H groups in total. The van der Waals surface area contributed by atoms with Crippen LogP contribution in [0.2, 0.25) is 0 Å². The van der Waals surface area contributed by atoms with Crippen LogP contribution in [0.5, 0.6) is 0 Å². The zero-order valence-electron chi connectivity index (χ0n) is 13.1. The number of hydrogen-bond donors (Lipinski definition) is 0. The van der Waals surface area contributed by atoms with E-state index in [1.807, 2.05) is 0 Å². The highest BCUT2D eigenvalue weighted by atomic mass is 19.4. The van der Waals surface area contributed by atoms with Gasteiger partial charge in [-0.25, -0.2) is 0 Å². The Morgan fingerprint density at radius 2 is 1.33 bits per heavy atom. The van der Waals surface area contributed by atoms with E-state index in [1.54, 1.807) is 21.0 Å². The summed E-state index contributed by atoms with van der Waals surface area (Å²) in [6.45, 7) is 6.56. The molecule has 0 bridgehead atoms. The first kappa shape index (κ1) is 22.8. The lowest BCUT2D eigenvalue weighted by Gasteiger charge is -2.19. The topological polar surface area (TPSA) is 27.7 Å². The third kappa shape index (κ3) is 11.8. The Hall–Kier alpha value is -0.470. The lowest BCUT2D eigenvalue weighted by Crippen LogP contribution is -2.40. The predicted octanol–water partition coefficient (Wildman–Crippen LogP) is 4.40. The number of methoxy groups -OCH3 is 1. The van der Waals surface area contributed by atoms with Gasteiger partial charge in [0.25, 0.3) is 0 Å². The van der Waals surface area contributed by atoms with Crippen molar-refractivity contribution in [2.45, 2.75) is 65.0 Å². The Bertz CT molecular complexity index is 242. The van der Waals surface area contributed by atoms with Crippen molar-refractivity contribution in [3.05, 3.63) is 0 Å². The van der Waals surface area contributed by atoms with Gasteiger partial charge in [-0.1, -0.05) is 13.8 Å². The molecular weight excluding hydrogens is 299 g/mol. The van der Waals surface area contributed by atoms with Gasteiger partial charge >= 0.3 is 12.3 Å². The SMILES string of the molecule is CCC(C)OC.CCC(C)OCCOC(F)(F)C(F)(F)F. The average molecular weight is 324 g/mol. The van der Waals surface area contributed by atoms with Gasteiger partial charge in [0, 0.05) is 7.11 Å². The minimum atomic E-state index is -5.68. The van der Waals surface area contributed by atoms with Crippen LogP contribution in [0.25, 0.3) is 0 Å². The second-order valence-electron chi connectivity index (χ2n) is 4.41. The molecule has 21 heavy (non-hydrogen) atoms. The second-order valence-corrected chi connectivity index (χ2v) is 4.41. The van der Waals surface area contributed by atoms with Gasteiger partial charge in [-0.3, -0.25) is 0 Å². The van der Waals surface area contributed by atoms with Crippen LogP contribution in [0.3, 0.4) is 0 Å². The molecule has 0 aromatic rings. The standard InChI is InChI=1S/C8H13F5O2.C5H12O/c1-3-6(2)14-4-5-15-8(12,13)7(9,10)11;1-4-5(2)6-3/h6H,3-5H2,1-2H3;5H,4H2,1-3H3. The van der Waals surface area contributed by atoms with Crippen molar-refractivity contribution < 1.29 is 36.2 Å². The molecule has 0 aromatic heterocycles. The molecule has 0 amide bonds. The highest BCUT2D eigenvalue weighted by molar-refractivity contribution is 4.63. The lowest BCUT2D eigenvalue weighted by molar-refractivity contribution is -0.392. The van der Waals surface area contributed by atoms with E-state index in [0.717, 1.165) is 6.42 Å². The molecule has 0 heterocycles. The quantitative estimate of drug-likeness (QED) is 0.489. The summed E-state index contributed by atoms with van der Waals surface area (Å²) in [5, 5.41) is 0. The van der Waals surface area contributed by atoms with Crippen LogP contribution >= 0.6 is 0 Å². The molecule has 0 aliphatic heterocycles. The summed E-state index contributed by atoms with van der Waals surface area (Å²) in [4.78, 5) is 0. The van der Waals surface area contributed by atoms with Gasteiger partial charge in [-0.05, 0) is 26.7 Å². The molecule has 3 nitrogen and oxygen atoms in total. The largest absolute Gasteiger partial charge is 0.482 e. The summed E-state index contributed by atoms with van der Waals surface area (Å²) in [5.74, 6) is 0. The Morgan fingerprint density at radius 1 is 0.857 bits per heavy atom. The first-order valence-electron chi connectivity index (χ1n) is 6.74. The number of halogens is 5. The molecule has 0 spiro atoms. The summed E-state index contributed by atoms with van der Waals surface area (Å²) in [5.41, 5.74) is 0. The summed E-state index contributed by atoms with van der Waals surface area (Å²) >= 11 is 0. The van der Waals surface area contributed by atoms with Crippen LogP contribution in [0.15, 0.2) is 0 Å². The van der Waals surface area contributed by atoms with Crippen LogP contribution < -0.4 is 0 Å². The van der Waals surface area contributed by atoms with Crippen LogP contribution in [0, 0.1) is 0 Å². The van der Waals surface area contributed by atoms with E-state index in [4.69, 9.17) is 9.47 Å². The molecule has 0 aliphatic carbocycles. The first-order valence-corrected chi connectivity index (χ1v) is 6.74. The second kappa shape index (κ2) is 11.1. The summed E-state index contributed by atoms with van der Waals surface area (Å²) in [7, 11) is 1.73. The van der Waals surface area contributed by atoms with Crippen molar-refractivity contribution in [3.8, 4) is 0 Å². The Morgan fingerprint density at radius 3 is 1.62 bits per heavy atom. The Kier molecular flexibility index (Phi) is 12.1. The summed E-state index contributed by atoms with van der Waals surface area (Å²) in [6, 6.07) is 0. The third-order valence-corrected chi connectivity index (χ3v) is 2.65.